The molecule has 10 heteroatoms. The fourth-order valence-electron chi connectivity index (χ4n) is 1.49. The van der Waals surface area contributed by atoms with Crippen LogP contribution in [0.1, 0.15) is 12.8 Å². The predicted octanol–water partition coefficient (Wildman–Crippen LogP) is -3.06. The fourth-order valence-corrected chi connectivity index (χ4v) is 2.05. The van der Waals surface area contributed by atoms with Gasteiger partial charge in [-0.2, -0.15) is 0 Å². The first-order valence-electron chi connectivity index (χ1n) is 7.81. The van der Waals surface area contributed by atoms with Gasteiger partial charge in [-0.15, -0.1) is 0 Å². The Balaban J connectivity index is 0. The summed E-state index contributed by atoms with van der Waals surface area (Å²) in [5.74, 6) is -0.330. The van der Waals surface area contributed by atoms with Crippen molar-refractivity contribution >= 4 is 10.1 Å². The van der Waals surface area contributed by atoms with Crippen molar-refractivity contribution in [3.8, 4) is 0 Å². The SMILES string of the molecule is CN(C)CCOCCOCCOCCOCCCCS(=O)(=O)[O-].[Na+]. The zero-order valence-electron chi connectivity index (χ0n) is 15.2. The molecule has 0 radical (unpaired) electrons. The van der Waals surface area contributed by atoms with E-state index in [0.717, 1.165) is 6.54 Å². The minimum Gasteiger partial charge on any atom is -0.748 e. The van der Waals surface area contributed by atoms with Gasteiger partial charge in [0.15, 0.2) is 0 Å². The number of nitrogens with zero attached hydrogens (tertiary/aromatic N) is 1. The molecule has 24 heavy (non-hydrogen) atoms. The van der Waals surface area contributed by atoms with Crippen molar-refractivity contribution in [2.45, 2.75) is 12.8 Å². The summed E-state index contributed by atoms with van der Waals surface area (Å²) < 4.78 is 52.3. The second-order valence-corrected chi connectivity index (χ2v) is 6.75. The number of hydrogen-bond acceptors (Lipinski definition) is 8. The first-order valence-corrected chi connectivity index (χ1v) is 9.39. The van der Waals surface area contributed by atoms with Crippen LogP contribution in [0.4, 0.5) is 0 Å². The van der Waals surface area contributed by atoms with E-state index in [4.69, 9.17) is 18.9 Å². The van der Waals surface area contributed by atoms with E-state index in [9.17, 15) is 13.0 Å². The number of unbranched alkanes of at least 4 members (excludes halogenated alkanes) is 1. The number of likely N-dealkylation sites (N-methyl/N-ethyl adjacent to an activating group) is 1. The Morgan fingerprint density at radius 2 is 1.17 bits per heavy atom. The normalized spacial score (nSPS) is 11.7. The van der Waals surface area contributed by atoms with Crippen molar-refractivity contribution in [2.24, 2.45) is 0 Å². The molecule has 0 aromatic heterocycles. The van der Waals surface area contributed by atoms with Gasteiger partial charge in [-0.3, -0.25) is 0 Å². The van der Waals surface area contributed by atoms with Gasteiger partial charge in [-0.1, -0.05) is 0 Å². The number of hydrogen-bond donors (Lipinski definition) is 0. The van der Waals surface area contributed by atoms with Gasteiger partial charge in [-0.25, -0.2) is 8.42 Å². The van der Waals surface area contributed by atoms with Crippen molar-refractivity contribution in [2.75, 3.05) is 79.2 Å². The second-order valence-electron chi connectivity index (χ2n) is 5.22. The molecule has 140 valence electrons. The Morgan fingerprint density at radius 3 is 1.58 bits per heavy atom. The van der Waals surface area contributed by atoms with Crippen LogP contribution >= 0.6 is 0 Å². The van der Waals surface area contributed by atoms with Gasteiger partial charge in [-0.05, 0) is 26.9 Å². The zero-order valence-corrected chi connectivity index (χ0v) is 18.0. The Bertz CT molecular complexity index is 355. The van der Waals surface area contributed by atoms with Gasteiger partial charge in [0.25, 0.3) is 0 Å². The smallest absolute Gasteiger partial charge is 0.748 e. The second kappa shape index (κ2) is 18.5. The molecule has 0 aromatic rings. The van der Waals surface area contributed by atoms with E-state index in [0.29, 0.717) is 65.7 Å². The van der Waals surface area contributed by atoms with Crippen molar-refractivity contribution in [3.05, 3.63) is 0 Å². The molecule has 0 saturated heterocycles. The van der Waals surface area contributed by atoms with E-state index in [1.165, 1.54) is 0 Å². The summed E-state index contributed by atoms with van der Waals surface area (Å²) >= 11 is 0. The Labute approximate surface area is 168 Å². The van der Waals surface area contributed by atoms with Crippen LogP contribution in [-0.4, -0.2) is 97.1 Å². The molecule has 8 nitrogen and oxygen atoms in total. The monoisotopic (exact) mass is 379 g/mol. The molecule has 0 aliphatic rings. The van der Waals surface area contributed by atoms with Crippen LogP contribution in [0.5, 0.6) is 0 Å². The van der Waals surface area contributed by atoms with E-state index in [1.807, 2.05) is 14.1 Å². The van der Waals surface area contributed by atoms with Crippen LogP contribution < -0.4 is 29.6 Å². The van der Waals surface area contributed by atoms with Gasteiger partial charge in [0.1, 0.15) is 0 Å². The van der Waals surface area contributed by atoms with Gasteiger partial charge in [0, 0.05) is 18.9 Å². The molecule has 0 amide bonds. The molecule has 0 aromatic carbocycles. The van der Waals surface area contributed by atoms with Gasteiger partial charge in [0.2, 0.25) is 0 Å². The van der Waals surface area contributed by atoms with E-state index in [1.54, 1.807) is 0 Å². The third-order valence-corrected chi connectivity index (χ3v) is 3.52. The summed E-state index contributed by atoms with van der Waals surface area (Å²) in [5.41, 5.74) is 0. The Kier molecular flexibility index (Phi) is 20.8. The minimum atomic E-state index is -4.10. The Morgan fingerprint density at radius 1 is 0.750 bits per heavy atom. The van der Waals surface area contributed by atoms with Crippen LogP contribution in [0.3, 0.4) is 0 Å². The van der Waals surface area contributed by atoms with Crippen LogP contribution in [0.25, 0.3) is 0 Å². The van der Waals surface area contributed by atoms with Crippen molar-refractivity contribution < 1.29 is 61.5 Å². The maximum atomic E-state index is 10.4. The van der Waals surface area contributed by atoms with Crippen LogP contribution in [0.2, 0.25) is 0 Å². The molecular weight excluding hydrogens is 349 g/mol. The summed E-state index contributed by atoms with van der Waals surface area (Å²) in [6, 6.07) is 0. The van der Waals surface area contributed by atoms with Crippen molar-refractivity contribution in [1.82, 2.24) is 4.90 Å². The van der Waals surface area contributed by atoms with Gasteiger partial charge >= 0.3 is 29.6 Å². The van der Waals surface area contributed by atoms with E-state index in [2.05, 4.69) is 4.90 Å². The van der Waals surface area contributed by atoms with Gasteiger partial charge < -0.3 is 28.4 Å². The fraction of sp³-hybridized carbons (Fsp3) is 1.00. The van der Waals surface area contributed by atoms with E-state index in [-0.39, 0.29) is 35.3 Å². The van der Waals surface area contributed by atoms with Crippen LogP contribution in [0, 0.1) is 0 Å². The molecule has 0 atom stereocenters. The average Bonchev–Trinajstić information content (AvgIpc) is 2.45. The Hall–Kier alpha value is 0.710. The van der Waals surface area contributed by atoms with E-state index < -0.39 is 10.1 Å². The third-order valence-electron chi connectivity index (χ3n) is 2.73. The van der Waals surface area contributed by atoms with Gasteiger partial charge in [0.05, 0.1) is 56.4 Å². The molecule has 0 bridgehead atoms. The molecule has 0 heterocycles. The molecule has 0 saturated carbocycles. The molecule has 0 spiro atoms. The molecule has 0 rings (SSSR count). The summed E-state index contributed by atoms with van der Waals surface area (Å²) in [7, 11) is -0.105. The predicted molar refractivity (Wildman–Crippen MR) is 85.6 cm³/mol. The molecule has 0 aliphatic carbocycles. The topological polar surface area (TPSA) is 97.4 Å². The quantitative estimate of drug-likeness (QED) is 0.149. The van der Waals surface area contributed by atoms with Crippen molar-refractivity contribution in [1.29, 1.82) is 0 Å². The van der Waals surface area contributed by atoms with Crippen molar-refractivity contribution in [3.63, 3.8) is 0 Å². The minimum absolute atomic E-state index is 0. The zero-order chi connectivity index (χ0) is 17.4. The third kappa shape index (κ3) is 25.0. The molecule has 0 N–H and O–H groups in total. The van der Waals surface area contributed by atoms with Crippen LogP contribution in [0.15, 0.2) is 0 Å². The van der Waals surface area contributed by atoms with E-state index >= 15 is 0 Å². The molecular formula is C14H30NNaO7S. The van der Waals surface area contributed by atoms with Crippen LogP contribution in [-0.2, 0) is 29.1 Å². The largest absolute Gasteiger partial charge is 1.00 e. The molecule has 0 aliphatic heterocycles. The standard InChI is InChI=1S/C14H31NO7S.Na/c1-15(2)5-7-20-9-11-22-13-12-21-10-8-19-6-3-4-14-23(16,17)18;/h3-14H2,1-2H3,(H,16,17,18);/q;+1/p-1. The summed E-state index contributed by atoms with van der Waals surface area (Å²) in [5, 5.41) is 0. The summed E-state index contributed by atoms with van der Waals surface area (Å²) in [6.45, 7) is 5.07. The average molecular weight is 379 g/mol. The summed E-state index contributed by atoms with van der Waals surface area (Å²) in [6.07, 6.45) is 0.884. The summed E-state index contributed by atoms with van der Waals surface area (Å²) in [4.78, 5) is 2.06. The number of ether oxygens (including phenoxy) is 4. The molecule has 0 fully saturated rings. The first-order chi connectivity index (χ1) is 10.9. The maximum absolute atomic E-state index is 10.4. The maximum Gasteiger partial charge on any atom is 1.00 e. The first kappa shape index (κ1) is 26.9. The molecule has 0 unspecified atom stereocenters. The number of rotatable bonds is 17.